The molecule has 1 atom stereocenters. The van der Waals surface area contributed by atoms with Crippen LogP contribution in [0.15, 0.2) is 59.1 Å². The van der Waals surface area contributed by atoms with Gasteiger partial charge >= 0.3 is 0 Å². The van der Waals surface area contributed by atoms with Gasteiger partial charge < -0.3 is 9.26 Å². The molecule has 29 heavy (non-hydrogen) atoms. The smallest absolute Gasteiger partial charge is 0.227 e. The minimum Gasteiger partial charge on any atom is -0.365 e. The van der Waals surface area contributed by atoms with Crippen LogP contribution in [0.25, 0.3) is 11.5 Å². The fraction of sp³-hybridized carbons (Fsp3) is 0.273. The standard InChI is InChI=1S/C22H21N5O2/c1-15-7-10-17(11-8-15)19-13-27-18(14-28-19)21(24-26-27)22-23-20(29-25-22)12-9-16-5-3-2-4-6-16/h2-8,10-11,19H,9,12-14H2,1H3/t19-/m0/s1. The largest absolute Gasteiger partial charge is 0.365 e. The maximum atomic E-state index is 6.08. The van der Waals surface area contributed by atoms with Crippen molar-refractivity contribution < 1.29 is 9.26 Å². The van der Waals surface area contributed by atoms with Crippen molar-refractivity contribution in [3.63, 3.8) is 0 Å². The second kappa shape index (κ2) is 7.60. The molecule has 146 valence electrons. The van der Waals surface area contributed by atoms with Gasteiger partial charge in [-0.15, -0.1) is 5.10 Å². The van der Waals surface area contributed by atoms with Gasteiger partial charge in [0.05, 0.1) is 18.8 Å². The van der Waals surface area contributed by atoms with Crippen LogP contribution in [0.5, 0.6) is 0 Å². The third kappa shape index (κ3) is 3.69. The Kier molecular flexibility index (Phi) is 4.65. The quantitative estimate of drug-likeness (QED) is 0.520. The number of fused-ring (bicyclic) bond motifs is 1. The van der Waals surface area contributed by atoms with Gasteiger partial charge in [0, 0.05) is 6.42 Å². The first-order valence-corrected chi connectivity index (χ1v) is 9.73. The summed E-state index contributed by atoms with van der Waals surface area (Å²) >= 11 is 0. The molecule has 1 aliphatic rings. The average Bonchev–Trinajstić information content (AvgIpc) is 3.40. The van der Waals surface area contributed by atoms with Crippen LogP contribution in [0.3, 0.4) is 0 Å². The van der Waals surface area contributed by atoms with Crippen LogP contribution in [-0.4, -0.2) is 25.1 Å². The zero-order valence-corrected chi connectivity index (χ0v) is 16.2. The SMILES string of the molecule is Cc1ccc([C@@H]2Cn3nnc(-c4noc(CCc5ccccc5)n4)c3CO2)cc1. The second-order valence-corrected chi connectivity index (χ2v) is 7.27. The van der Waals surface area contributed by atoms with Crippen molar-refractivity contribution in [1.82, 2.24) is 25.1 Å². The number of aromatic nitrogens is 5. The molecule has 0 radical (unpaired) electrons. The van der Waals surface area contributed by atoms with E-state index in [1.54, 1.807) is 0 Å². The van der Waals surface area contributed by atoms with Gasteiger partial charge in [-0.1, -0.05) is 70.5 Å². The summed E-state index contributed by atoms with van der Waals surface area (Å²) in [5.41, 5.74) is 5.11. The molecule has 0 bridgehead atoms. The Labute approximate surface area is 168 Å². The summed E-state index contributed by atoms with van der Waals surface area (Å²) in [5.74, 6) is 1.06. The Balaban J connectivity index is 1.30. The van der Waals surface area contributed by atoms with Crippen LogP contribution < -0.4 is 0 Å². The summed E-state index contributed by atoms with van der Waals surface area (Å²) in [5, 5.41) is 12.7. The van der Waals surface area contributed by atoms with E-state index in [4.69, 9.17) is 9.26 Å². The van der Waals surface area contributed by atoms with E-state index in [-0.39, 0.29) is 6.10 Å². The van der Waals surface area contributed by atoms with Gasteiger partial charge in [-0.3, -0.25) is 0 Å². The van der Waals surface area contributed by atoms with E-state index in [2.05, 4.69) is 63.8 Å². The molecule has 2 aromatic carbocycles. The van der Waals surface area contributed by atoms with Gasteiger partial charge in [0.1, 0.15) is 6.10 Å². The lowest BCUT2D eigenvalue weighted by atomic mass is 10.1. The Morgan fingerprint density at radius 2 is 1.86 bits per heavy atom. The Bertz CT molecular complexity index is 1100. The van der Waals surface area contributed by atoms with Crippen LogP contribution in [0.2, 0.25) is 0 Å². The van der Waals surface area contributed by atoms with Gasteiger partial charge in [-0.05, 0) is 24.5 Å². The highest BCUT2D eigenvalue weighted by atomic mass is 16.5. The topological polar surface area (TPSA) is 78.9 Å². The van der Waals surface area contributed by atoms with E-state index < -0.39 is 0 Å². The maximum absolute atomic E-state index is 6.08. The van der Waals surface area contributed by atoms with E-state index in [1.807, 2.05) is 22.9 Å². The normalized spacial score (nSPS) is 16.0. The van der Waals surface area contributed by atoms with Crippen molar-refractivity contribution in [2.75, 3.05) is 0 Å². The van der Waals surface area contributed by atoms with E-state index in [9.17, 15) is 0 Å². The minimum atomic E-state index is -0.0376. The molecule has 4 aromatic rings. The van der Waals surface area contributed by atoms with Crippen LogP contribution >= 0.6 is 0 Å². The maximum Gasteiger partial charge on any atom is 0.227 e. The molecule has 0 amide bonds. The van der Waals surface area contributed by atoms with E-state index in [0.29, 0.717) is 37.0 Å². The summed E-state index contributed by atoms with van der Waals surface area (Å²) in [4.78, 5) is 4.51. The monoisotopic (exact) mass is 387 g/mol. The number of rotatable bonds is 5. The van der Waals surface area contributed by atoms with E-state index in [1.165, 1.54) is 11.1 Å². The Morgan fingerprint density at radius 3 is 2.69 bits per heavy atom. The van der Waals surface area contributed by atoms with Crippen LogP contribution in [-0.2, 0) is 30.7 Å². The van der Waals surface area contributed by atoms with Crippen molar-refractivity contribution in [2.24, 2.45) is 0 Å². The molecule has 0 unspecified atom stereocenters. The molecule has 7 heteroatoms. The van der Waals surface area contributed by atoms with Gasteiger partial charge in [0.15, 0.2) is 5.69 Å². The van der Waals surface area contributed by atoms with Crippen LogP contribution in [0.4, 0.5) is 0 Å². The lowest BCUT2D eigenvalue weighted by Gasteiger charge is -2.24. The Morgan fingerprint density at radius 1 is 1.03 bits per heavy atom. The third-order valence-electron chi connectivity index (χ3n) is 5.20. The fourth-order valence-electron chi connectivity index (χ4n) is 3.52. The summed E-state index contributed by atoms with van der Waals surface area (Å²) < 4.78 is 13.4. The first kappa shape index (κ1) is 17.8. The Hall–Kier alpha value is -3.32. The molecule has 0 N–H and O–H groups in total. The van der Waals surface area contributed by atoms with Crippen molar-refractivity contribution in [3.05, 3.63) is 82.9 Å². The predicted molar refractivity (Wildman–Crippen MR) is 106 cm³/mol. The lowest BCUT2D eigenvalue weighted by Crippen LogP contribution is -2.22. The third-order valence-corrected chi connectivity index (χ3v) is 5.20. The zero-order chi connectivity index (χ0) is 19.6. The molecule has 2 aromatic heterocycles. The lowest BCUT2D eigenvalue weighted by molar-refractivity contribution is -0.00112. The molecular weight excluding hydrogens is 366 g/mol. The average molecular weight is 387 g/mol. The molecule has 3 heterocycles. The van der Waals surface area contributed by atoms with Crippen molar-refractivity contribution in [3.8, 4) is 11.5 Å². The first-order valence-electron chi connectivity index (χ1n) is 9.73. The second-order valence-electron chi connectivity index (χ2n) is 7.27. The van der Waals surface area contributed by atoms with Gasteiger partial charge in [-0.25, -0.2) is 4.68 Å². The van der Waals surface area contributed by atoms with Crippen molar-refractivity contribution >= 4 is 0 Å². The van der Waals surface area contributed by atoms with Crippen LogP contribution in [0, 0.1) is 6.92 Å². The highest BCUT2D eigenvalue weighted by Gasteiger charge is 2.27. The van der Waals surface area contributed by atoms with Crippen LogP contribution in [0.1, 0.15) is 34.4 Å². The van der Waals surface area contributed by atoms with Gasteiger partial charge in [-0.2, -0.15) is 4.98 Å². The first-order chi connectivity index (χ1) is 14.3. The van der Waals surface area contributed by atoms with E-state index in [0.717, 1.165) is 17.7 Å². The highest BCUT2D eigenvalue weighted by molar-refractivity contribution is 5.51. The fourth-order valence-corrected chi connectivity index (χ4v) is 3.52. The molecule has 0 aliphatic carbocycles. The number of nitrogens with zero attached hydrogens (tertiary/aromatic N) is 5. The molecule has 0 saturated heterocycles. The predicted octanol–water partition coefficient (Wildman–Crippen LogP) is 3.69. The van der Waals surface area contributed by atoms with E-state index >= 15 is 0 Å². The summed E-state index contributed by atoms with van der Waals surface area (Å²) in [6.45, 7) is 3.10. The number of benzene rings is 2. The molecule has 7 nitrogen and oxygen atoms in total. The van der Waals surface area contributed by atoms with Gasteiger partial charge in [0.2, 0.25) is 11.7 Å². The highest BCUT2D eigenvalue weighted by Crippen LogP contribution is 2.29. The molecule has 1 aliphatic heterocycles. The minimum absolute atomic E-state index is 0.0376. The van der Waals surface area contributed by atoms with Crippen molar-refractivity contribution in [1.29, 1.82) is 0 Å². The molecule has 0 spiro atoms. The van der Waals surface area contributed by atoms with Gasteiger partial charge in [0.25, 0.3) is 0 Å². The molecule has 0 saturated carbocycles. The molecule has 5 rings (SSSR count). The number of aryl methyl sites for hydroxylation is 3. The number of hydrogen-bond acceptors (Lipinski definition) is 6. The summed E-state index contributed by atoms with van der Waals surface area (Å²) in [7, 11) is 0. The summed E-state index contributed by atoms with van der Waals surface area (Å²) in [6.07, 6.45) is 1.50. The number of hydrogen-bond donors (Lipinski definition) is 0. The zero-order valence-electron chi connectivity index (χ0n) is 16.2. The number of ether oxygens (including phenoxy) is 1. The molecular formula is C22H21N5O2. The summed E-state index contributed by atoms with van der Waals surface area (Å²) in [6, 6.07) is 18.6. The van der Waals surface area contributed by atoms with Crippen molar-refractivity contribution in [2.45, 2.75) is 39.0 Å². The molecule has 0 fully saturated rings.